The molecule has 0 aliphatic carbocycles. The number of aliphatic hydroxyl groups is 1. The average molecular weight is 1040 g/mol. The highest BCUT2D eigenvalue weighted by atomic mass is 16.3. The molecule has 8 atom stereocenters. The van der Waals surface area contributed by atoms with Gasteiger partial charge < -0.3 is 75.3 Å². The molecule has 74 heavy (non-hydrogen) atoms. The number of carbonyl (C=O) groups is 12. The predicted molar refractivity (Wildman–Crippen MR) is 263 cm³/mol. The number of carbonyl (C=O) groups excluding carboxylic acids is 12. The van der Waals surface area contributed by atoms with Gasteiger partial charge in [-0.1, -0.05) is 76.8 Å². The van der Waals surface area contributed by atoms with Crippen molar-refractivity contribution in [2.75, 3.05) is 13.2 Å². The number of hydrogen-bond acceptors (Lipinski definition) is 14. The Labute approximate surface area is 428 Å². The molecular weight excluding hydrogens is 969 g/mol. The third-order valence-electron chi connectivity index (χ3n) is 12.5. The van der Waals surface area contributed by atoms with E-state index in [-0.39, 0.29) is 31.6 Å². The van der Waals surface area contributed by atoms with Crippen molar-refractivity contribution in [2.24, 2.45) is 22.9 Å². The third-order valence-corrected chi connectivity index (χ3v) is 12.5. The van der Waals surface area contributed by atoms with Gasteiger partial charge in [-0.3, -0.25) is 57.5 Å². The van der Waals surface area contributed by atoms with Crippen molar-refractivity contribution in [2.45, 2.75) is 177 Å². The van der Waals surface area contributed by atoms with Gasteiger partial charge in [-0.2, -0.15) is 0 Å². The Morgan fingerprint density at radius 1 is 0.554 bits per heavy atom. The lowest BCUT2D eigenvalue weighted by atomic mass is 10.0. The Bertz CT molecular complexity index is 2160. The van der Waals surface area contributed by atoms with Gasteiger partial charge in [0.25, 0.3) is 0 Å². The maximum Gasteiger partial charge on any atom is 0.246 e. The number of aliphatic hydroxyl groups excluding tert-OH is 1. The molecule has 1 aromatic carbocycles. The number of nitrogens with two attached hydrogens (primary N) is 4. The summed E-state index contributed by atoms with van der Waals surface area (Å²) >= 11 is 0. The molecule has 17 N–H and O–H groups in total. The first-order chi connectivity index (χ1) is 35.1. The summed E-state index contributed by atoms with van der Waals surface area (Å²) in [5, 5.41) is 37.0. The largest absolute Gasteiger partial charge is 0.508 e. The molecule has 1 unspecified atom stereocenters. The van der Waals surface area contributed by atoms with Crippen LogP contribution in [0.3, 0.4) is 0 Å². The van der Waals surface area contributed by atoms with Crippen LogP contribution in [0.2, 0.25) is 0 Å². The number of rotatable bonds is 22. The number of primary amides is 4. The van der Waals surface area contributed by atoms with Crippen molar-refractivity contribution >= 4 is 70.9 Å². The van der Waals surface area contributed by atoms with Crippen LogP contribution in [0, 0.1) is 0 Å². The van der Waals surface area contributed by atoms with E-state index in [2.05, 4.69) is 44.1 Å². The summed E-state index contributed by atoms with van der Waals surface area (Å²) in [6, 6.07) is -7.38. The van der Waals surface area contributed by atoms with Gasteiger partial charge in [-0.05, 0) is 43.4 Å². The fraction of sp³-hybridized carbons (Fsp3) is 0.625. The molecule has 2 fully saturated rings. The number of nitrogens with one attached hydrogen (secondary N) is 7. The van der Waals surface area contributed by atoms with Crippen LogP contribution in [0.1, 0.15) is 128 Å². The first kappa shape index (κ1) is 60.9. The summed E-state index contributed by atoms with van der Waals surface area (Å²) in [5.41, 5.74) is 22.1. The Morgan fingerprint density at radius 2 is 1.03 bits per heavy atom. The maximum absolute atomic E-state index is 14.2. The van der Waals surface area contributed by atoms with E-state index in [0.717, 1.165) is 56.3 Å². The number of phenols is 1. The van der Waals surface area contributed by atoms with Gasteiger partial charge in [0.2, 0.25) is 70.9 Å². The molecule has 1 aromatic rings. The predicted octanol–water partition coefficient (Wildman–Crippen LogP) is -3.47. The van der Waals surface area contributed by atoms with E-state index in [0.29, 0.717) is 18.4 Å². The van der Waals surface area contributed by atoms with Crippen LogP contribution in [0.5, 0.6) is 5.75 Å². The van der Waals surface area contributed by atoms with Crippen molar-refractivity contribution in [3.05, 3.63) is 29.8 Å². The van der Waals surface area contributed by atoms with Gasteiger partial charge in [-0.25, -0.2) is 0 Å². The summed E-state index contributed by atoms with van der Waals surface area (Å²) in [4.78, 5) is 162. The molecule has 2 saturated heterocycles. The lowest BCUT2D eigenvalue weighted by Gasteiger charge is -2.30. The second-order valence-corrected chi connectivity index (χ2v) is 18.7. The van der Waals surface area contributed by atoms with Crippen LogP contribution in [0.15, 0.2) is 24.3 Å². The normalized spacial score (nSPS) is 24.1. The van der Waals surface area contributed by atoms with Gasteiger partial charge in [0.05, 0.1) is 25.9 Å². The molecular formula is C48H74N12O14. The summed E-state index contributed by atoms with van der Waals surface area (Å²) in [7, 11) is 0. The molecule has 2 aliphatic rings. The van der Waals surface area contributed by atoms with Crippen LogP contribution < -0.4 is 60.2 Å². The highest BCUT2D eigenvalue weighted by Gasteiger charge is 2.40. The van der Waals surface area contributed by atoms with Crippen LogP contribution in [-0.4, -0.2) is 147 Å². The Kier molecular flexibility index (Phi) is 25.7. The summed E-state index contributed by atoms with van der Waals surface area (Å²) in [6.45, 7) is 0.993. The zero-order valence-corrected chi connectivity index (χ0v) is 41.8. The van der Waals surface area contributed by atoms with Crippen LogP contribution in [0.4, 0.5) is 0 Å². The minimum absolute atomic E-state index is 0.0153. The van der Waals surface area contributed by atoms with Crippen molar-refractivity contribution in [3.63, 3.8) is 0 Å². The van der Waals surface area contributed by atoms with E-state index in [9.17, 15) is 67.7 Å². The lowest BCUT2D eigenvalue weighted by molar-refractivity contribution is -0.143. The third kappa shape index (κ3) is 21.4. The summed E-state index contributed by atoms with van der Waals surface area (Å²) in [6.07, 6.45) is 5.00. The minimum atomic E-state index is -1.90. The number of phenolic OH excluding ortho intramolecular Hbond substituents is 1. The maximum atomic E-state index is 14.2. The number of amides is 12. The molecule has 410 valence electrons. The van der Waals surface area contributed by atoms with E-state index in [4.69, 9.17) is 22.9 Å². The smallest absolute Gasteiger partial charge is 0.246 e. The van der Waals surface area contributed by atoms with Crippen LogP contribution in [0.25, 0.3) is 0 Å². The Balaban J connectivity index is 2.13. The topological polar surface area (TPSA) is 437 Å². The van der Waals surface area contributed by atoms with Gasteiger partial charge in [0.15, 0.2) is 0 Å². The number of hydrogen-bond donors (Lipinski definition) is 13. The monoisotopic (exact) mass is 1040 g/mol. The van der Waals surface area contributed by atoms with Crippen molar-refractivity contribution in [1.29, 1.82) is 0 Å². The first-order valence-electron chi connectivity index (χ1n) is 25.1. The second-order valence-electron chi connectivity index (χ2n) is 18.7. The quantitative estimate of drug-likeness (QED) is 0.0502. The molecule has 2 aliphatic heterocycles. The molecule has 0 radical (unpaired) electrons. The minimum Gasteiger partial charge on any atom is -0.508 e. The van der Waals surface area contributed by atoms with E-state index in [1.54, 1.807) is 0 Å². The van der Waals surface area contributed by atoms with E-state index >= 15 is 0 Å². The molecule has 26 nitrogen and oxygen atoms in total. The van der Waals surface area contributed by atoms with Crippen LogP contribution in [-0.2, 0) is 64.0 Å². The first-order valence-corrected chi connectivity index (χ1v) is 25.1. The van der Waals surface area contributed by atoms with E-state index in [1.165, 1.54) is 24.3 Å². The summed E-state index contributed by atoms with van der Waals surface area (Å²) in [5.74, 6) is -12.7. The molecule has 12 amide bonds. The second kappa shape index (κ2) is 31.3. The number of benzene rings is 1. The molecule has 2 heterocycles. The zero-order chi connectivity index (χ0) is 54.9. The number of unbranched alkanes of at least 4 members (excludes halogenated alkanes) is 8. The number of nitrogens with zero attached hydrogens (tertiary/aromatic N) is 1. The lowest BCUT2D eigenvalue weighted by Crippen LogP contribution is -2.61. The van der Waals surface area contributed by atoms with Gasteiger partial charge in [0.1, 0.15) is 48.0 Å². The molecule has 3 rings (SSSR count). The van der Waals surface area contributed by atoms with Gasteiger partial charge in [-0.15, -0.1) is 0 Å². The molecule has 0 bridgehead atoms. The van der Waals surface area contributed by atoms with Crippen molar-refractivity contribution in [3.8, 4) is 5.75 Å². The molecule has 0 spiro atoms. The standard InChI is InChI=1S/C48H74N12O14/c1-2-3-4-5-6-7-8-9-10-12-28-22-41(67)54-32(23-38(50)64)44(70)56-31(21-27-14-16-29(62)17-15-27)43(69)57-33(24-39(51)65)45(71)55-30(18-19-37(49)63)42(68)59-35(26-61)46(72)58-34(25-40(52)66)48(74)60-20-11-13-36(60)47(73)53-28/h14-17,28,30-36,61-62H,2-13,18-26H2,1H3,(H2,49,63)(H2,50,64)(H2,51,65)(H2,52,66)(H,53,73)(H,54,67)(H,55,71)(H,56,70)(H,57,69)(H,58,72)(H,59,68)/t28?,30-,31+,32-,33-,34-,35-,36+/m0/s1. The van der Waals surface area contributed by atoms with Crippen LogP contribution >= 0.6 is 0 Å². The Morgan fingerprint density at radius 3 is 1.59 bits per heavy atom. The Hall–Kier alpha value is -7.38. The fourth-order valence-corrected chi connectivity index (χ4v) is 8.61. The number of aromatic hydroxyl groups is 1. The zero-order valence-electron chi connectivity index (χ0n) is 41.8. The average Bonchev–Trinajstić information content (AvgIpc) is 3.83. The van der Waals surface area contributed by atoms with E-state index in [1.807, 2.05) is 0 Å². The van der Waals surface area contributed by atoms with Crippen molar-refractivity contribution < 1.29 is 67.7 Å². The van der Waals surface area contributed by atoms with E-state index < -0.39 is 164 Å². The van der Waals surface area contributed by atoms with Crippen molar-refractivity contribution in [1.82, 2.24) is 42.1 Å². The van der Waals surface area contributed by atoms with Gasteiger partial charge >= 0.3 is 0 Å². The fourth-order valence-electron chi connectivity index (χ4n) is 8.61. The molecule has 26 heteroatoms. The molecule has 0 aromatic heterocycles. The summed E-state index contributed by atoms with van der Waals surface area (Å²) < 4.78 is 0. The SMILES string of the molecule is CCCCCCCCCCCC1CC(=O)N[C@@H](CC(N)=O)C(=O)N[C@H](Cc2ccc(O)cc2)C(=O)N[C@@H](CC(N)=O)C(=O)N[C@@H](CCC(N)=O)C(=O)N[C@@H](CO)C(=O)N[C@@H](CC(N)=O)C(=O)N2CCC[C@@H]2C(=O)N1. The molecule has 0 saturated carbocycles. The highest BCUT2D eigenvalue weighted by Crippen LogP contribution is 2.21. The highest BCUT2D eigenvalue weighted by molar-refractivity contribution is 6.00. The number of fused-ring (bicyclic) bond motifs is 1. The van der Waals surface area contributed by atoms with Gasteiger partial charge in [0, 0.05) is 31.8 Å².